The van der Waals surface area contributed by atoms with E-state index in [-0.39, 0.29) is 5.41 Å². The van der Waals surface area contributed by atoms with Gasteiger partial charge in [0, 0.05) is 22.7 Å². The van der Waals surface area contributed by atoms with E-state index in [4.69, 9.17) is 0 Å². The highest BCUT2D eigenvalue weighted by atomic mass is 14.9. The third kappa shape index (κ3) is 3.49. The van der Waals surface area contributed by atoms with E-state index in [9.17, 15) is 0 Å². The van der Waals surface area contributed by atoms with Crippen molar-refractivity contribution in [3.63, 3.8) is 0 Å². The maximum Gasteiger partial charge on any atom is 0.0385 e. The summed E-state index contributed by atoms with van der Waals surface area (Å²) < 4.78 is 0. The fraction of sp³-hybridized carbons (Fsp3) is 0.152. The highest BCUT2D eigenvalue weighted by molar-refractivity contribution is 5.82. The molecule has 166 valence electrons. The van der Waals surface area contributed by atoms with Gasteiger partial charge < -0.3 is 5.32 Å². The van der Waals surface area contributed by atoms with Gasteiger partial charge in [-0.3, -0.25) is 0 Å². The minimum atomic E-state index is 0.0110. The van der Waals surface area contributed by atoms with Crippen LogP contribution in [0.3, 0.4) is 0 Å². The van der Waals surface area contributed by atoms with Gasteiger partial charge in [0.2, 0.25) is 0 Å². The van der Waals surface area contributed by atoms with Gasteiger partial charge in [-0.15, -0.1) is 0 Å². The van der Waals surface area contributed by atoms with Crippen molar-refractivity contribution in [3.05, 3.63) is 138 Å². The first-order chi connectivity index (χ1) is 16.6. The molecule has 2 aliphatic carbocycles. The zero-order valence-corrected chi connectivity index (χ0v) is 19.8. The van der Waals surface area contributed by atoms with E-state index in [2.05, 4.69) is 134 Å². The first kappa shape index (κ1) is 20.7. The van der Waals surface area contributed by atoms with Crippen LogP contribution in [-0.2, 0) is 5.41 Å². The smallest absolute Gasteiger partial charge is 0.0385 e. The molecule has 0 unspecified atom stereocenters. The van der Waals surface area contributed by atoms with Crippen LogP contribution in [0.15, 0.2) is 121 Å². The van der Waals surface area contributed by atoms with Gasteiger partial charge in [-0.2, -0.15) is 0 Å². The number of rotatable bonds is 4. The van der Waals surface area contributed by atoms with Crippen LogP contribution in [0.4, 0.5) is 5.69 Å². The van der Waals surface area contributed by atoms with E-state index in [1.54, 1.807) is 0 Å². The van der Waals surface area contributed by atoms with Gasteiger partial charge in [-0.1, -0.05) is 111 Å². The monoisotopic (exact) mass is 439 g/mol. The van der Waals surface area contributed by atoms with Crippen molar-refractivity contribution in [1.29, 1.82) is 0 Å². The fourth-order valence-corrected chi connectivity index (χ4v) is 5.56. The van der Waals surface area contributed by atoms with Crippen molar-refractivity contribution in [2.75, 3.05) is 5.32 Å². The summed E-state index contributed by atoms with van der Waals surface area (Å²) in [7, 11) is 0. The molecule has 0 spiro atoms. The first-order valence-corrected chi connectivity index (χ1v) is 12.1. The normalized spacial score (nSPS) is 17.6. The number of anilines is 1. The van der Waals surface area contributed by atoms with Crippen molar-refractivity contribution >= 4 is 5.69 Å². The molecule has 34 heavy (non-hydrogen) atoms. The second-order valence-electron chi connectivity index (χ2n) is 9.88. The summed E-state index contributed by atoms with van der Waals surface area (Å²) in [6, 6.07) is 35.3. The van der Waals surface area contributed by atoms with E-state index < -0.39 is 0 Å². The predicted octanol–water partition coefficient (Wildman–Crippen LogP) is 8.70. The average molecular weight is 440 g/mol. The van der Waals surface area contributed by atoms with Crippen LogP contribution in [0.25, 0.3) is 22.3 Å². The number of hydrogen-bond acceptors (Lipinski definition) is 1. The van der Waals surface area contributed by atoms with Gasteiger partial charge >= 0.3 is 0 Å². The van der Waals surface area contributed by atoms with Crippen LogP contribution >= 0.6 is 0 Å². The molecular weight excluding hydrogens is 410 g/mol. The van der Waals surface area contributed by atoms with Crippen molar-refractivity contribution in [2.45, 2.75) is 31.6 Å². The maximum absolute atomic E-state index is 3.78. The first-order valence-electron chi connectivity index (χ1n) is 12.1. The molecule has 1 heteroatoms. The third-order valence-corrected chi connectivity index (χ3v) is 7.45. The predicted molar refractivity (Wildman–Crippen MR) is 144 cm³/mol. The second kappa shape index (κ2) is 8.18. The Morgan fingerprint density at radius 3 is 2.24 bits per heavy atom. The molecule has 6 rings (SSSR count). The van der Waals surface area contributed by atoms with E-state index >= 15 is 0 Å². The summed E-state index contributed by atoms with van der Waals surface area (Å²) in [5.74, 6) is 0.327. The Morgan fingerprint density at radius 2 is 1.41 bits per heavy atom. The van der Waals surface area contributed by atoms with E-state index in [0.29, 0.717) is 5.92 Å². The zero-order chi connectivity index (χ0) is 23.1. The van der Waals surface area contributed by atoms with E-state index in [1.165, 1.54) is 44.6 Å². The number of nitrogens with one attached hydrogen (secondary N) is 1. The molecule has 1 atom stereocenters. The Hall–Kier alpha value is -3.84. The lowest BCUT2D eigenvalue weighted by Gasteiger charge is -2.25. The lowest BCUT2D eigenvalue weighted by Crippen LogP contribution is -2.16. The topological polar surface area (TPSA) is 12.0 Å². The molecule has 0 saturated carbocycles. The molecule has 2 aliphatic rings. The molecule has 0 heterocycles. The van der Waals surface area contributed by atoms with Crippen molar-refractivity contribution < 1.29 is 0 Å². The number of benzene rings is 4. The van der Waals surface area contributed by atoms with Gasteiger partial charge in [0.05, 0.1) is 0 Å². The molecule has 0 fully saturated rings. The molecule has 1 nitrogen and oxygen atoms in total. The van der Waals surface area contributed by atoms with Crippen LogP contribution in [0, 0.1) is 0 Å². The summed E-state index contributed by atoms with van der Waals surface area (Å²) in [6.45, 7) is 4.67. The van der Waals surface area contributed by atoms with Gasteiger partial charge in [-0.05, 0) is 63.6 Å². The summed E-state index contributed by atoms with van der Waals surface area (Å²) in [4.78, 5) is 0. The highest BCUT2D eigenvalue weighted by Crippen LogP contribution is 2.49. The van der Waals surface area contributed by atoms with Crippen LogP contribution < -0.4 is 5.32 Å². The van der Waals surface area contributed by atoms with Gasteiger partial charge in [0.15, 0.2) is 0 Å². The average Bonchev–Trinajstić information content (AvgIpc) is 3.12. The summed E-state index contributed by atoms with van der Waals surface area (Å²) in [5, 5.41) is 3.78. The Morgan fingerprint density at radius 1 is 0.706 bits per heavy atom. The quantitative estimate of drug-likeness (QED) is 0.335. The number of hydrogen-bond donors (Lipinski definition) is 1. The number of allylic oxidation sites excluding steroid dienone is 4. The van der Waals surface area contributed by atoms with Crippen LogP contribution in [0.5, 0.6) is 0 Å². The molecule has 4 aromatic carbocycles. The van der Waals surface area contributed by atoms with E-state index in [1.807, 2.05) is 0 Å². The minimum Gasteiger partial charge on any atom is -0.358 e. The van der Waals surface area contributed by atoms with Crippen molar-refractivity contribution in [3.8, 4) is 22.3 Å². The third-order valence-electron chi connectivity index (χ3n) is 7.45. The molecule has 0 saturated heterocycles. The summed E-state index contributed by atoms with van der Waals surface area (Å²) in [6.07, 6.45) is 7.67. The second-order valence-corrected chi connectivity index (χ2v) is 9.88. The maximum atomic E-state index is 3.78. The standard InChI is InChI=1S/C33H29N/c1-33(2)30-14-8-6-13-28(30)29-21-20-26(22-31(29)33)34-32-15-9-7-12-27(32)25-18-16-24(17-19-25)23-10-4-3-5-11-23/h3-11,13-22,27,34H,12H2,1-2H3/t27-/m1/s1. The fourth-order valence-electron chi connectivity index (χ4n) is 5.56. The minimum absolute atomic E-state index is 0.0110. The van der Waals surface area contributed by atoms with Crippen LogP contribution in [0.1, 0.15) is 42.9 Å². The van der Waals surface area contributed by atoms with E-state index in [0.717, 1.165) is 12.1 Å². The molecule has 0 aliphatic heterocycles. The van der Waals surface area contributed by atoms with Gasteiger partial charge in [0.25, 0.3) is 0 Å². The Kier molecular flexibility index (Phi) is 4.99. The van der Waals surface area contributed by atoms with Crippen LogP contribution in [-0.4, -0.2) is 0 Å². The molecule has 1 N–H and O–H groups in total. The largest absolute Gasteiger partial charge is 0.358 e. The van der Waals surface area contributed by atoms with Gasteiger partial charge in [-0.25, -0.2) is 0 Å². The molecular formula is C33H29N. The summed E-state index contributed by atoms with van der Waals surface area (Å²) >= 11 is 0. The Labute approximate surface area is 202 Å². The molecule has 0 bridgehead atoms. The highest BCUT2D eigenvalue weighted by Gasteiger charge is 2.35. The SMILES string of the molecule is CC1(C)c2ccccc2-c2ccc(NC3=CC=CC[C@@H]3c3ccc(-c4ccccc4)cc3)cc21. The van der Waals surface area contributed by atoms with Gasteiger partial charge in [0.1, 0.15) is 0 Å². The molecule has 0 aromatic heterocycles. The summed E-state index contributed by atoms with van der Waals surface area (Å²) in [5.41, 5.74) is 11.8. The Bertz CT molecular complexity index is 1400. The Balaban J connectivity index is 1.28. The molecule has 0 radical (unpaired) electrons. The van der Waals surface area contributed by atoms with Crippen LogP contribution in [0.2, 0.25) is 0 Å². The molecule has 0 amide bonds. The van der Waals surface area contributed by atoms with Crippen molar-refractivity contribution in [2.24, 2.45) is 0 Å². The number of fused-ring (bicyclic) bond motifs is 3. The molecule has 4 aromatic rings. The van der Waals surface area contributed by atoms with Crippen molar-refractivity contribution in [1.82, 2.24) is 0 Å². The lowest BCUT2D eigenvalue weighted by atomic mass is 9.82. The lowest BCUT2D eigenvalue weighted by molar-refractivity contribution is 0.660. The zero-order valence-electron chi connectivity index (χ0n) is 19.8.